The fraction of sp³-hybridized carbons (Fsp3) is 0.364. The van der Waals surface area contributed by atoms with Crippen molar-refractivity contribution in [3.05, 3.63) is 45.4 Å². The number of thiophene rings is 1. The number of benzene rings is 1. The standard InChI is InChI=1S/C22H24N6O6S3/c1-11-6-14-17(9-24-11)36-20(25-14)21(29)27-4-5-28(15(10-27)22(30)31)37(33,34)18-8-13-7-12(19(23)26-32)2-3-16(13)35-18/h2-3,7-8,11,15,24,32H,4-6,9-10H2,1H3,(H2,23,26)(H,30,31). The highest BCUT2D eigenvalue weighted by molar-refractivity contribution is 7.91. The smallest absolute Gasteiger partial charge is 0.323 e. The molecular formula is C22H24N6O6S3. The molecule has 0 spiro atoms. The third-order valence-electron chi connectivity index (χ3n) is 6.44. The second-order valence-electron chi connectivity index (χ2n) is 8.90. The molecule has 15 heteroatoms. The van der Waals surface area contributed by atoms with Crippen molar-refractivity contribution in [1.29, 1.82) is 0 Å². The number of rotatable bonds is 5. The molecular weight excluding hydrogens is 540 g/mol. The first kappa shape index (κ1) is 25.5. The van der Waals surface area contributed by atoms with E-state index in [9.17, 15) is 23.1 Å². The van der Waals surface area contributed by atoms with E-state index in [1.165, 1.54) is 22.3 Å². The second kappa shape index (κ2) is 9.64. The molecule has 2 aromatic heterocycles. The lowest BCUT2D eigenvalue weighted by Gasteiger charge is -2.37. The number of carboxylic acids is 1. The summed E-state index contributed by atoms with van der Waals surface area (Å²) in [6.07, 6.45) is 0.707. The summed E-state index contributed by atoms with van der Waals surface area (Å²) >= 11 is 2.28. The average molecular weight is 565 g/mol. The molecule has 1 fully saturated rings. The van der Waals surface area contributed by atoms with Gasteiger partial charge in [-0.15, -0.1) is 22.7 Å². The summed E-state index contributed by atoms with van der Waals surface area (Å²) in [6.45, 7) is 2.25. The van der Waals surface area contributed by atoms with Crippen molar-refractivity contribution in [2.24, 2.45) is 10.9 Å². The number of oxime groups is 1. The van der Waals surface area contributed by atoms with Crippen LogP contribution < -0.4 is 11.1 Å². The first-order valence-electron chi connectivity index (χ1n) is 11.4. The van der Waals surface area contributed by atoms with Gasteiger partial charge in [-0.3, -0.25) is 9.59 Å². The summed E-state index contributed by atoms with van der Waals surface area (Å²) in [4.78, 5) is 32.2. The van der Waals surface area contributed by atoms with Gasteiger partial charge in [0.2, 0.25) is 0 Å². The molecule has 2 aliphatic heterocycles. The van der Waals surface area contributed by atoms with E-state index in [4.69, 9.17) is 10.9 Å². The number of amides is 1. The number of thiazole rings is 1. The Morgan fingerprint density at radius 2 is 2.03 bits per heavy atom. The predicted molar refractivity (Wildman–Crippen MR) is 138 cm³/mol. The highest BCUT2D eigenvalue weighted by Gasteiger charge is 2.42. The number of nitrogens with two attached hydrogens (primary N) is 1. The maximum atomic E-state index is 13.5. The molecule has 4 heterocycles. The molecule has 0 radical (unpaired) electrons. The average Bonchev–Trinajstić information content (AvgIpc) is 3.51. The second-order valence-corrected chi connectivity index (χ2v) is 13.2. The lowest BCUT2D eigenvalue weighted by atomic mass is 10.1. The Kier molecular flexibility index (Phi) is 6.66. The van der Waals surface area contributed by atoms with Crippen molar-refractivity contribution >= 4 is 60.5 Å². The molecule has 5 N–H and O–H groups in total. The van der Waals surface area contributed by atoms with Crippen LogP contribution in [0.25, 0.3) is 10.1 Å². The highest BCUT2D eigenvalue weighted by atomic mass is 32.2. The van der Waals surface area contributed by atoms with Crippen LogP contribution in [-0.2, 0) is 27.8 Å². The molecule has 3 aromatic rings. The molecule has 1 aromatic carbocycles. The van der Waals surface area contributed by atoms with Crippen LogP contribution in [0.1, 0.15) is 32.9 Å². The Labute approximate surface area is 220 Å². The lowest BCUT2D eigenvalue weighted by molar-refractivity contribution is -0.142. The maximum absolute atomic E-state index is 13.5. The number of sulfonamides is 1. The first-order chi connectivity index (χ1) is 17.6. The first-order valence-corrected chi connectivity index (χ1v) is 14.4. The van der Waals surface area contributed by atoms with Crippen LogP contribution in [0.5, 0.6) is 0 Å². The Balaban J connectivity index is 1.39. The van der Waals surface area contributed by atoms with Gasteiger partial charge in [0.05, 0.1) is 5.69 Å². The zero-order valence-electron chi connectivity index (χ0n) is 19.6. The van der Waals surface area contributed by atoms with E-state index >= 15 is 0 Å². The number of carboxylic acid groups (broad SMARTS) is 1. The van der Waals surface area contributed by atoms with Crippen LogP contribution in [-0.4, -0.2) is 82.4 Å². The Morgan fingerprint density at radius 1 is 1.24 bits per heavy atom. The lowest BCUT2D eigenvalue weighted by Crippen LogP contribution is -2.59. The number of carbonyl (C=O) groups is 2. The number of aromatic nitrogens is 1. The van der Waals surface area contributed by atoms with Crippen molar-refractivity contribution in [1.82, 2.24) is 19.5 Å². The van der Waals surface area contributed by atoms with Crippen LogP contribution in [0.15, 0.2) is 33.6 Å². The molecule has 1 saturated heterocycles. The summed E-state index contributed by atoms with van der Waals surface area (Å²) < 4.78 is 28.6. The van der Waals surface area contributed by atoms with E-state index in [0.29, 0.717) is 28.6 Å². The minimum atomic E-state index is -4.18. The Morgan fingerprint density at radius 3 is 2.76 bits per heavy atom. The van der Waals surface area contributed by atoms with Gasteiger partial charge in [-0.2, -0.15) is 4.31 Å². The van der Waals surface area contributed by atoms with Crippen LogP contribution in [0, 0.1) is 0 Å². The third kappa shape index (κ3) is 4.68. The quantitative estimate of drug-likeness (QED) is 0.153. The summed E-state index contributed by atoms with van der Waals surface area (Å²) in [5, 5.41) is 25.9. The van der Waals surface area contributed by atoms with Gasteiger partial charge >= 0.3 is 5.97 Å². The molecule has 12 nitrogen and oxygen atoms in total. The van der Waals surface area contributed by atoms with Crippen LogP contribution in [0.3, 0.4) is 0 Å². The SMILES string of the molecule is CC1Cc2nc(C(=O)N3CCN(S(=O)(=O)c4cc5cc(/C(N)=N\O)ccc5s4)C(C(=O)O)C3)sc2CN1. The van der Waals surface area contributed by atoms with Gasteiger partial charge in [0.15, 0.2) is 10.8 Å². The minimum Gasteiger partial charge on any atom is -0.480 e. The van der Waals surface area contributed by atoms with E-state index in [-0.39, 0.29) is 40.7 Å². The third-order valence-corrected chi connectivity index (χ3v) is 11.0. The van der Waals surface area contributed by atoms with Gasteiger partial charge in [-0.1, -0.05) is 5.16 Å². The highest BCUT2D eigenvalue weighted by Crippen LogP contribution is 2.33. The van der Waals surface area contributed by atoms with Crippen LogP contribution in [0.4, 0.5) is 0 Å². The molecule has 1 amide bonds. The van der Waals surface area contributed by atoms with Gasteiger partial charge in [0.1, 0.15) is 10.3 Å². The number of carbonyl (C=O) groups excluding carboxylic acids is 1. The summed E-state index contributed by atoms with van der Waals surface area (Å²) in [5.41, 5.74) is 6.92. The molecule has 196 valence electrons. The summed E-state index contributed by atoms with van der Waals surface area (Å²) in [6, 6.07) is 5.09. The number of piperazine rings is 1. The van der Waals surface area contributed by atoms with Gasteiger partial charge in [0.25, 0.3) is 15.9 Å². The van der Waals surface area contributed by atoms with Crippen LogP contribution >= 0.6 is 22.7 Å². The van der Waals surface area contributed by atoms with Crippen molar-refractivity contribution < 1.29 is 28.3 Å². The zero-order chi connectivity index (χ0) is 26.5. The predicted octanol–water partition coefficient (Wildman–Crippen LogP) is 1.09. The number of nitrogens with zero attached hydrogens (tertiary/aromatic N) is 4. The Bertz CT molecular complexity index is 1530. The summed E-state index contributed by atoms with van der Waals surface area (Å²) in [5.74, 6) is -1.85. The van der Waals surface area contributed by atoms with Crippen molar-refractivity contribution in [3.8, 4) is 0 Å². The normalized spacial score (nSPS) is 21.2. The van der Waals surface area contributed by atoms with Crippen molar-refractivity contribution in [3.63, 3.8) is 0 Å². The molecule has 0 aliphatic carbocycles. The van der Waals surface area contributed by atoms with E-state index in [1.54, 1.807) is 18.2 Å². The number of aliphatic carboxylic acids is 1. The zero-order valence-corrected chi connectivity index (χ0v) is 22.1. The number of fused-ring (bicyclic) bond motifs is 2. The fourth-order valence-electron chi connectivity index (χ4n) is 4.46. The van der Waals surface area contributed by atoms with E-state index in [0.717, 1.165) is 26.2 Å². The monoisotopic (exact) mass is 564 g/mol. The number of hydrogen-bond donors (Lipinski definition) is 4. The number of amidine groups is 1. The summed E-state index contributed by atoms with van der Waals surface area (Å²) in [7, 11) is -4.18. The Hall–Kier alpha value is -3.11. The number of nitrogens with one attached hydrogen (secondary N) is 1. The number of hydrogen-bond acceptors (Lipinski definition) is 10. The van der Waals surface area contributed by atoms with Gasteiger partial charge < -0.3 is 26.3 Å². The topological polar surface area (TPSA) is 179 Å². The maximum Gasteiger partial charge on any atom is 0.323 e. The van der Waals surface area contributed by atoms with Gasteiger partial charge in [-0.05, 0) is 36.6 Å². The van der Waals surface area contributed by atoms with E-state index < -0.39 is 27.9 Å². The van der Waals surface area contributed by atoms with Gasteiger partial charge in [0, 0.05) is 53.8 Å². The van der Waals surface area contributed by atoms with E-state index in [1.807, 2.05) is 6.92 Å². The molecule has 5 rings (SSSR count). The van der Waals surface area contributed by atoms with Crippen molar-refractivity contribution in [2.45, 2.75) is 36.2 Å². The molecule has 0 bridgehead atoms. The largest absolute Gasteiger partial charge is 0.480 e. The van der Waals surface area contributed by atoms with E-state index in [2.05, 4.69) is 15.5 Å². The molecule has 2 unspecified atom stereocenters. The van der Waals surface area contributed by atoms with Crippen molar-refractivity contribution in [2.75, 3.05) is 19.6 Å². The minimum absolute atomic E-state index is 0.0283. The molecule has 0 saturated carbocycles. The fourth-order valence-corrected chi connectivity index (χ4v) is 8.54. The molecule has 2 aliphatic rings. The molecule has 37 heavy (non-hydrogen) atoms. The van der Waals surface area contributed by atoms with Gasteiger partial charge in [-0.25, -0.2) is 13.4 Å². The molecule has 2 atom stereocenters. The van der Waals surface area contributed by atoms with Crippen LogP contribution in [0.2, 0.25) is 0 Å².